The molecule has 0 radical (unpaired) electrons. The number of amides is 2. The quantitative estimate of drug-likeness (QED) is 0.720. The summed E-state index contributed by atoms with van der Waals surface area (Å²) in [6, 6.07) is 13.3. The number of carbonyl (C=O) groups excluding carboxylic acids is 2. The molecule has 0 saturated carbocycles. The number of benzene rings is 2. The van der Waals surface area contributed by atoms with Crippen LogP contribution in [0.3, 0.4) is 0 Å². The van der Waals surface area contributed by atoms with Gasteiger partial charge in [-0.25, -0.2) is 0 Å². The van der Waals surface area contributed by atoms with Crippen molar-refractivity contribution in [2.24, 2.45) is 0 Å². The number of furan rings is 1. The van der Waals surface area contributed by atoms with Crippen LogP contribution in [0.15, 0.2) is 53.1 Å². The third-order valence-electron chi connectivity index (χ3n) is 5.07. The van der Waals surface area contributed by atoms with Crippen molar-refractivity contribution in [1.82, 2.24) is 5.32 Å². The SMILES string of the molecule is CCCNC(=O)C1CN(C(=O)Cc2coc3cc(C)ccc23)c2ccccc2O1. The number of carbonyl (C=O) groups is 2. The molecule has 2 aromatic carbocycles. The van der Waals surface area contributed by atoms with Gasteiger partial charge in [0.25, 0.3) is 5.91 Å². The molecule has 1 unspecified atom stereocenters. The Bertz CT molecular complexity index is 1060. The molecule has 1 aliphatic rings. The van der Waals surface area contributed by atoms with E-state index in [0.717, 1.165) is 28.5 Å². The maximum Gasteiger partial charge on any atom is 0.262 e. The number of rotatable bonds is 5. The van der Waals surface area contributed by atoms with Gasteiger partial charge in [-0.15, -0.1) is 0 Å². The summed E-state index contributed by atoms with van der Waals surface area (Å²) in [5.74, 6) is 0.233. The molecular formula is C23H24N2O4. The van der Waals surface area contributed by atoms with E-state index in [1.807, 2.05) is 50.2 Å². The summed E-state index contributed by atoms with van der Waals surface area (Å²) in [6.07, 6.45) is 1.93. The van der Waals surface area contributed by atoms with E-state index in [-0.39, 0.29) is 24.8 Å². The van der Waals surface area contributed by atoms with Gasteiger partial charge < -0.3 is 19.4 Å². The van der Waals surface area contributed by atoms with Crippen molar-refractivity contribution in [2.75, 3.05) is 18.0 Å². The molecule has 0 spiro atoms. The number of nitrogens with zero attached hydrogens (tertiary/aromatic N) is 1. The Balaban J connectivity index is 1.59. The molecule has 2 heterocycles. The maximum atomic E-state index is 13.2. The van der Waals surface area contributed by atoms with Gasteiger partial charge in [0.15, 0.2) is 6.10 Å². The molecule has 1 aromatic heterocycles. The van der Waals surface area contributed by atoms with Crippen LogP contribution in [0.4, 0.5) is 5.69 Å². The zero-order chi connectivity index (χ0) is 20.4. The van der Waals surface area contributed by atoms with E-state index in [1.54, 1.807) is 17.2 Å². The minimum atomic E-state index is -0.732. The smallest absolute Gasteiger partial charge is 0.262 e. The minimum Gasteiger partial charge on any atom is -0.477 e. The van der Waals surface area contributed by atoms with Gasteiger partial charge in [-0.1, -0.05) is 31.2 Å². The van der Waals surface area contributed by atoms with Gasteiger partial charge in [-0.3, -0.25) is 9.59 Å². The van der Waals surface area contributed by atoms with Crippen LogP contribution in [0.1, 0.15) is 24.5 Å². The van der Waals surface area contributed by atoms with E-state index < -0.39 is 6.10 Å². The number of hydrogen-bond donors (Lipinski definition) is 1. The fourth-order valence-corrected chi connectivity index (χ4v) is 3.55. The number of nitrogens with one attached hydrogen (secondary N) is 1. The molecule has 4 rings (SSSR count). The lowest BCUT2D eigenvalue weighted by Gasteiger charge is -2.34. The summed E-state index contributed by atoms with van der Waals surface area (Å²) in [4.78, 5) is 27.3. The third-order valence-corrected chi connectivity index (χ3v) is 5.07. The van der Waals surface area contributed by atoms with Crippen LogP contribution in [-0.4, -0.2) is 31.0 Å². The van der Waals surface area contributed by atoms with E-state index in [9.17, 15) is 9.59 Å². The van der Waals surface area contributed by atoms with Crippen LogP contribution < -0.4 is 15.0 Å². The summed E-state index contributed by atoms with van der Waals surface area (Å²) in [5, 5.41) is 3.78. The summed E-state index contributed by atoms with van der Waals surface area (Å²) in [5.41, 5.74) is 3.39. The highest BCUT2D eigenvalue weighted by atomic mass is 16.5. The largest absolute Gasteiger partial charge is 0.477 e. The molecule has 0 saturated heterocycles. The van der Waals surface area contributed by atoms with Crippen LogP contribution in [0, 0.1) is 6.92 Å². The monoisotopic (exact) mass is 392 g/mol. The van der Waals surface area contributed by atoms with Crippen molar-refractivity contribution in [3.63, 3.8) is 0 Å². The number of ether oxygens (including phenoxy) is 1. The van der Waals surface area contributed by atoms with Gasteiger partial charge in [0, 0.05) is 17.5 Å². The van der Waals surface area contributed by atoms with Gasteiger partial charge in [-0.2, -0.15) is 0 Å². The predicted molar refractivity (Wildman–Crippen MR) is 111 cm³/mol. The lowest BCUT2D eigenvalue weighted by atomic mass is 10.1. The molecule has 0 fully saturated rings. The minimum absolute atomic E-state index is 0.0997. The summed E-state index contributed by atoms with van der Waals surface area (Å²) in [7, 11) is 0. The fraction of sp³-hybridized carbons (Fsp3) is 0.304. The van der Waals surface area contributed by atoms with E-state index >= 15 is 0 Å². The van der Waals surface area contributed by atoms with Crippen LogP contribution >= 0.6 is 0 Å². The van der Waals surface area contributed by atoms with Gasteiger partial charge in [-0.05, 0) is 37.1 Å². The molecule has 0 bridgehead atoms. The first-order chi connectivity index (χ1) is 14.1. The van der Waals surface area contributed by atoms with E-state index in [2.05, 4.69) is 5.32 Å². The zero-order valence-electron chi connectivity index (χ0n) is 16.6. The second-order valence-corrected chi connectivity index (χ2v) is 7.31. The van der Waals surface area contributed by atoms with Gasteiger partial charge in [0.1, 0.15) is 11.3 Å². The summed E-state index contributed by atoms with van der Waals surface area (Å²) >= 11 is 0. The number of para-hydroxylation sites is 2. The molecule has 29 heavy (non-hydrogen) atoms. The average molecular weight is 392 g/mol. The van der Waals surface area contributed by atoms with Crippen molar-refractivity contribution >= 4 is 28.5 Å². The molecule has 3 aromatic rings. The van der Waals surface area contributed by atoms with E-state index in [0.29, 0.717) is 18.0 Å². The number of fused-ring (bicyclic) bond motifs is 2. The first kappa shape index (κ1) is 19.1. The molecular weight excluding hydrogens is 368 g/mol. The molecule has 6 heteroatoms. The van der Waals surface area contributed by atoms with Crippen molar-refractivity contribution in [1.29, 1.82) is 0 Å². The van der Waals surface area contributed by atoms with E-state index in [1.165, 1.54) is 0 Å². The Morgan fingerprint density at radius 2 is 2.03 bits per heavy atom. The van der Waals surface area contributed by atoms with Crippen LogP contribution in [0.2, 0.25) is 0 Å². The topological polar surface area (TPSA) is 71.8 Å². The summed E-state index contributed by atoms with van der Waals surface area (Å²) < 4.78 is 11.5. The fourth-order valence-electron chi connectivity index (χ4n) is 3.55. The van der Waals surface area contributed by atoms with E-state index in [4.69, 9.17) is 9.15 Å². The zero-order valence-corrected chi connectivity index (χ0v) is 16.6. The Labute approximate surface area is 169 Å². The second-order valence-electron chi connectivity index (χ2n) is 7.31. The Kier molecular flexibility index (Phi) is 5.25. The highest BCUT2D eigenvalue weighted by Crippen LogP contribution is 2.34. The Morgan fingerprint density at radius 1 is 1.21 bits per heavy atom. The molecule has 1 atom stereocenters. The molecule has 6 nitrogen and oxygen atoms in total. The molecule has 1 N–H and O–H groups in total. The lowest BCUT2D eigenvalue weighted by molar-refractivity contribution is -0.128. The van der Waals surface area contributed by atoms with Gasteiger partial charge in [0.05, 0.1) is 24.9 Å². The second kappa shape index (κ2) is 7.99. The van der Waals surface area contributed by atoms with Gasteiger partial charge in [0.2, 0.25) is 5.91 Å². The van der Waals surface area contributed by atoms with Crippen LogP contribution in [-0.2, 0) is 16.0 Å². The highest BCUT2D eigenvalue weighted by molar-refractivity contribution is 6.00. The van der Waals surface area contributed by atoms with Crippen molar-refractivity contribution in [2.45, 2.75) is 32.8 Å². The summed E-state index contributed by atoms with van der Waals surface area (Å²) in [6.45, 7) is 4.75. The number of anilines is 1. The molecule has 2 amide bonds. The normalized spacial score (nSPS) is 15.7. The number of aryl methyl sites for hydroxylation is 1. The predicted octanol–water partition coefficient (Wildman–Crippen LogP) is 3.60. The Hall–Kier alpha value is -3.28. The van der Waals surface area contributed by atoms with Crippen molar-refractivity contribution < 1.29 is 18.7 Å². The first-order valence-electron chi connectivity index (χ1n) is 9.87. The first-order valence-corrected chi connectivity index (χ1v) is 9.87. The standard InChI is InChI=1S/C23H24N2O4/c1-3-10-24-23(27)21-13-25(18-6-4-5-7-19(18)29-21)22(26)12-16-14-28-20-11-15(2)8-9-17(16)20/h4-9,11,14,21H,3,10,12-13H2,1-2H3,(H,24,27). The highest BCUT2D eigenvalue weighted by Gasteiger charge is 2.33. The van der Waals surface area contributed by atoms with Gasteiger partial charge >= 0.3 is 0 Å². The van der Waals surface area contributed by atoms with Crippen molar-refractivity contribution in [3.8, 4) is 5.75 Å². The molecule has 150 valence electrons. The Morgan fingerprint density at radius 3 is 2.86 bits per heavy atom. The van der Waals surface area contributed by atoms with Crippen LogP contribution in [0.25, 0.3) is 11.0 Å². The van der Waals surface area contributed by atoms with Crippen LogP contribution in [0.5, 0.6) is 5.75 Å². The third kappa shape index (κ3) is 3.83. The molecule has 1 aliphatic heterocycles. The molecule has 0 aliphatic carbocycles. The van der Waals surface area contributed by atoms with Crippen molar-refractivity contribution in [3.05, 3.63) is 59.9 Å². The average Bonchev–Trinajstić information content (AvgIpc) is 3.12. The maximum absolute atomic E-state index is 13.2. The lowest BCUT2D eigenvalue weighted by Crippen LogP contribution is -2.51. The number of hydrogen-bond acceptors (Lipinski definition) is 4.